The Morgan fingerprint density at radius 3 is 1.93 bits per heavy atom. The Labute approximate surface area is 158 Å². The number of hydrogen-bond acceptors (Lipinski definition) is 6. The van der Waals surface area contributed by atoms with E-state index in [0.717, 1.165) is 9.80 Å². The molecule has 1 fully saturated rings. The van der Waals surface area contributed by atoms with E-state index in [1.54, 1.807) is 12.1 Å². The van der Waals surface area contributed by atoms with Gasteiger partial charge in [-0.3, -0.25) is 29.0 Å². The molecule has 3 amide bonds. The zero-order chi connectivity index (χ0) is 20.0. The maximum atomic E-state index is 12.8. The predicted molar refractivity (Wildman–Crippen MR) is 95.6 cm³/mol. The molecule has 2 atom stereocenters. The zero-order valence-corrected chi connectivity index (χ0v) is 15.6. The topological polar surface area (TPSA) is 112 Å². The van der Waals surface area contributed by atoms with Gasteiger partial charge < -0.3 is 5.11 Å². The second-order valence-electron chi connectivity index (χ2n) is 6.33. The monoisotopic (exact) mass is 388 g/mol. The van der Waals surface area contributed by atoms with Crippen molar-refractivity contribution < 1.29 is 29.1 Å². The van der Waals surface area contributed by atoms with Crippen LogP contribution in [0.5, 0.6) is 0 Å². The van der Waals surface area contributed by atoms with Gasteiger partial charge in [-0.2, -0.15) is 0 Å². The van der Waals surface area contributed by atoms with E-state index in [1.165, 1.54) is 32.9 Å². The van der Waals surface area contributed by atoms with Crippen molar-refractivity contribution in [3.05, 3.63) is 46.7 Å². The van der Waals surface area contributed by atoms with Crippen LogP contribution in [0.3, 0.4) is 0 Å². The number of carboxylic acid groups (broad SMARTS) is 1. The van der Waals surface area contributed by atoms with Gasteiger partial charge in [-0.25, -0.2) is 4.79 Å². The Kier molecular flexibility index (Phi) is 4.64. The van der Waals surface area contributed by atoms with Crippen molar-refractivity contribution in [3.8, 4) is 0 Å². The van der Waals surface area contributed by atoms with Crippen LogP contribution in [-0.2, 0) is 14.4 Å². The Bertz CT molecular complexity index is 899. The van der Waals surface area contributed by atoms with Gasteiger partial charge in [-0.05, 0) is 31.6 Å². The number of fused-ring (bicyclic) bond motifs is 1. The van der Waals surface area contributed by atoms with Crippen LogP contribution in [0.1, 0.15) is 41.5 Å². The summed E-state index contributed by atoms with van der Waals surface area (Å²) in [7, 11) is 0. The molecule has 8 nitrogen and oxygen atoms in total. The fourth-order valence-electron chi connectivity index (χ4n) is 3.23. The van der Waals surface area contributed by atoms with Crippen LogP contribution in [0.4, 0.5) is 0 Å². The van der Waals surface area contributed by atoms with Crippen LogP contribution >= 0.6 is 11.8 Å². The average Bonchev–Trinajstić information content (AvgIpc) is 2.83. The van der Waals surface area contributed by atoms with Crippen molar-refractivity contribution in [2.24, 2.45) is 0 Å². The summed E-state index contributed by atoms with van der Waals surface area (Å²) in [6, 6.07) is 4.95. The van der Waals surface area contributed by atoms with Gasteiger partial charge >= 0.3 is 5.97 Å². The zero-order valence-electron chi connectivity index (χ0n) is 14.8. The molecular formula is C18H16N2O6S. The van der Waals surface area contributed by atoms with Gasteiger partial charge in [0.1, 0.15) is 17.1 Å². The highest BCUT2D eigenvalue weighted by atomic mass is 32.2. The maximum Gasteiger partial charge on any atom is 0.352 e. The molecule has 0 aromatic heterocycles. The third-order valence-electron chi connectivity index (χ3n) is 4.32. The van der Waals surface area contributed by atoms with Crippen LogP contribution in [-0.4, -0.2) is 55.1 Å². The van der Waals surface area contributed by atoms with E-state index >= 15 is 0 Å². The summed E-state index contributed by atoms with van der Waals surface area (Å²) < 4.78 is 0. The van der Waals surface area contributed by atoms with E-state index < -0.39 is 35.1 Å². The number of imide groups is 1. The van der Waals surface area contributed by atoms with Crippen LogP contribution in [0.2, 0.25) is 0 Å². The van der Waals surface area contributed by atoms with Crippen LogP contribution in [0.25, 0.3) is 0 Å². The molecular weight excluding hydrogens is 372 g/mol. The molecule has 0 aliphatic carbocycles. The number of β-lactam (4-membered cyclic amide) rings is 1. The highest BCUT2D eigenvalue weighted by molar-refractivity contribution is 8.14. The molecule has 0 spiro atoms. The van der Waals surface area contributed by atoms with Crippen molar-refractivity contribution in [3.63, 3.8) is 0 Å². The van der Waals surface area contributed by atoms with Gasteiger partial charge in [-0.15, -0.1) is 0 Å². The smallest absolute Gasteiger partial charge is 0.352 e. The largest absolute Gasteiger partial charge is 0.477 e. The first-order valence-electron chi connectivity index (χ1n) is 8.04. The Hall–Kier alpha value is -2.94. The highest BCUT2D eigenvalue weighted by Gasteiger charge is 2.59. The van der Waals surface area contributed by atoms with Crippen molar-refractivity contribution in [2.45, 2.75) is 32.2 Å². The van der Waals surface area contributed by atoms with Crippen molar-refractivity contribution in [2.75, 3.05) is 0 Å². The number of amides is 3. The predicted octanol–water partition coefficient (Wildman–Crippen LogP) is 1.48. The number of hydrogen-bond donors (Lipinski definition) is 1. The van der Waals surface area contributed by atoms with Crippen LogP contribution in [0.15, 0.2) is 35.5 Å². The molecule has 9 heteroatoms. The van der Waals surface area contributed by atoms with Gasteiger partial charge in [-0.1, -0.05) is 23.9 Å². The Morgan fingerprint density at radius 2 is 1.52 bits per heavy atom. The molecule has 0 bridgehead atoms. The molecule has 0 saturated carbocycles. The lowest BCUT2D eigenvalue weighted by Gasteiger charge is -2.48. The number of thioether (sulfide) groups is 1. The molecule has 3 rings (SSSR count). The van der Waals surface area contributed by atoms with E-state index in [4.69, 9.17) is 0 Å². The number of rotatable bonds is 4. The first-order chi connectivity index (χ1) is 12.7. The summed E-state index contributed by atoms with van der Waals surface area (Å²) in [5.41, 5.74) is 0.472. The number of aliphatic carboxylic acids is 1. The van der Waals surface area contributed by atoms with Crippen molar-refractivity contribution >= 4 is 40.6 Å². The minimum absolute atomic E-state index is 0.181. The fourth-order valence-corrected chi connectivity index (χ4v) is 4.25. The molecule has 2 aliphatic rings. The van der Waals surface area contributed by atoms with Crippen LogP contribution in [0, 0.1) is 0 Å². The van der Waals surface area contributed by atoms with Gasteiger partial charge in [0.05, 0.1) is 11.1 Å². The molecule has 27 heavy (non-hydrogen) atoms. The summed E-state index contributed by atoms with van der Waals surface area (Å²) in [5, 5.41) is 8.10. The number of benzene rings is 1. The summed E-state index contributed by atoms with van der Waals surface area (Å²) in [6.45, 7) is 4.33. The van der Waals surface area contributed by atoms with Crippen molar-refractivity contribution in [1.29, 1.82) is 0 Å². The molecule has 2 aliphatic heterocycles. The average molecular weight is 388 g/mol. The Balaban J connectivity index is 2.02. The lowest BCUT2D eigenvalue weighted by molar-refractivity contribution is -0.151. The second-order valence-corrected chi connectivity index (χ2v) is 7.63. The summed E-state index contributed by atoms with van der Waals surface area (Å²) in [4.78, 5) is 63.2. The third-order valence-corrected chi connectivity index (χ3v) is 5.36. The molecule has 2 unspecified atom stereocenters. The molecule has 1 saturated heterocycles. The summed E-state index contributed by atoms with van der Waals surface area (Å²) >= 11 is 0.717. The summed E-state index contributed by atoms with van der Waals surface area (Å²) in [6.07, 6.45) is 0. The third kappa shape index (κ3) is 2.84. The quantitative estimate of drug-likeness (QED) is 0.472. The van der Waals surface area contributed by atoms with E-state index in [2.05, 4.69) is 0 Å². The minimum atomic E-state index is -1.32. The van der Waals surface area contributed by atoms with E-state index in [0.29, 0.717) is 17.3 Å². The summed E-state index contributed by atoms with van der Waals surface area (Å²) in [5.74, 6) is -3.28. The number of carboxylic acids is 1. The van der Waals surface area contributed by atoms with E-state index in [1.807, 2.05) is 0 Å². The second kappa shape index (κ2) is 6.66. The number of carbonyl (C=O) groups excluding carboxylic acids is 4. The minimum Gasteiger partial charge on any atom is -0.477 e. The van der Waals surface area contributed by atoms with Crippen molar-refractivity contribution in [1.82, 2.24) is 9.80 Å². The fraction of sp³-hybridized carbons (Fsp3) is 0.278. The highest BCUT2D eigenvalue weighted by Crippen LogP contribution is 2.40. The molecule has 2 heterocycles. The maximum absolute atomic E-state index is 12.8. The van der Waals surface area contributed by atoms with E-state index in [9.17, 15) is 29.1 Å². The Morgan fingerprint density at radius 1 is 1.00 bits per heavy atom. The molecule has 0 radical (unpaired) electrons. The van der Waals surface area contributed by atoms with Gasteiger partial charge in [0.2, 0.25) is 0 Å². The normalized spacial score (nSPS) is 21.1. The first kappa shape index (κ1) is 18.8. The van der Waals surface area contributed by atoms with E-state index in [-0.39, 0.29) is 21.9 Å². The molecule has 1 aromatic carbocycles. The lowest BCUT2D eigenvalue weighted by Crippen LogP contribution is -2.70. The molecule has 1 N–H and O–H groups in total. The lowest BCUT2D eigenvalue weighted by atomic mass is 10.0. The first-order valence-corrected chi connectivity index (χ1v) is 8.92. The SMILES string of the molecule is CC(=O)SC1C(N2C(=O)c3ccccc3C2=O)C(=O)N1C(C(=O)O)=C(C)C. The van der Waals surface area contributed by atoms with Gasteiger partial charge in [0, 0.05) is 6.92 Å². The number of allylic oxidation sites excluding steroid dienone is 1. The number of likely N-dealkylation sites (tertiary alicyclic amines) is 1. The molecule has 140 valence electrons. The number of nitrogens with zero attached hydrogens (tertiary/aromatic N) is 2. The standard InChI is InChI=1S/C18H16N2O6S/c1-8(2)12(18(25)26)20-16(24)13(17(20)27-9(3)21)19-14(22)10-6-4-5-7-11(10)15(19)23/h4-7,13,17H,1-3H3,(H,25,26). The molecule has 1 aromatic rings. The van der Waals surface area contributed by atoms with Gasteiger partial charge in [0.25, 0.3) is 17.7 Å². The van der Waals surface area contributed by atoms with Crippen LogP contribution < -0.4 is 0 Å². The number of carbonyl (C=O) groups is 5. The van der Waals surface area contributed by atoms with Gasteiger partial charge in [0.15, 0.2) is 5.12 Å².